The van der Waals surface area contributed by atoms with E-state index in [0.29, 0.717) is 18.4 Å². The van der Waals surface area contributed by atoms with Gasteiger partial charge in [-0.2, -0.15) is 0 Å². The van der Waals surface area contributed by atoms with Crippen LogP contribution in [0.1, 0.15) is 51.9 Å². The predicted molar refractivity (Wildman–Crippen MR) is 73.7 cm³/mol. The van der Waals surface area contributed by atoms with Gasteiger partial charge in [-0.05, 0) is 25.7 Å². The lowest BCUT2D eigenvalue weighted by molar-refractivity contribution is -0.102. The first-order valence-corrected chi connectivity index (χ1v) is 7.34. The van der Waals surface area contributed by atoms with Crippen molar-refractivity contribution < 1.29 is 5.11 Å². The van der Waals surface area contributed by atoms with E-state index in [-0.39, 0.29) is 5.84 Å². The monoisotopic (exact) mass is 253 g/mol. The Morgan fingerprint density at radius 1 is 1.50 bits per heavy atom. The number of aliphatic hydroxyl groups is 1. The first-order chi connectivity index (χ1) is 8.55. The van der Waals surface area contributed by atoms with Crippen LogP contribution in [0.25, 0.3) is 0 Å². The van der Waals surface area contributed by atoms with Crippen LogP contribution < -0.4 is 5.73 Å². The average Bonchev–Trinajstić information content (AvgIpc) is 2.34. The molecule has 0 aromatic heterocycles. The van der Waals surface area contributed by atoms with E-state index < -0.39 is 5.60 Å². The molecular formula is C14H27N3O. The molecule has 1 heterocycles. The van der Waals surface area contributed by atoms with Gasteiger partial charge in [-0.15, -0.1) is 0 Å². The summed E-state index contributed by atoms with van der Waals surface area (Å²) in [5, 5.41) is 18.1. The number of hydrogen-bond donors (Lipinski definition) is 3. The van der Waals surface area contributed by atoms with Gasteiger partial charge >= 0.3 is 0 Å². The van der Waals surface area contributed by atoms with E-state index >= 15 is 0 Å². The van der Waals surface area contributed by atoms with Crippen LogP contribution in [0.5, 0.6) is 0 Å². The molecule has 0 radical (unpaired) electrons. The molecule has 0 aromatic carbocycles. The smallest absolute Gasteiger partial charge is 0.0921 e. The molecule has 2 aliphatic rings. The summed E-state index contributed by atoms with van der Waals surface area (Å²) in [6, 6.07) is 0.383. The molecule has 18 heavy (non-hydrogen) atoms. The number of hydrogen-bond acceptors (Lipinski definition) is 3. The lowest BCUT2D eigenvalue weighted by Gasteiger charge is -2.49. The van der Waals surface area contributed by atoms with Gasteiger partial charge in [-0.1, -0.05) is 19.8 Å². The minimum Gasteiger partial charge on any atom is -0.390 e. The maximum Gasteiger partial charge on any atom is 0.0921 e. The highest BCUT2D eigenvalue weighted by molar-refractivity contribution is 5.77. The molecule has 1 aliphatic carbocycles. The highest BCUT2D eigenvalue weighted by Crippen LogP contribution is 2.40. The fourth-order valence-corrected chi connectivity index (χ4v) is 3.71. The van der Waals surface area contributed by atoms with Crippen molar-refractivity contribution in [1.82, 2.24) is 4.90 Å². The standard InChI is InChI=1S/C14H27N3O/c1-2-12(9-13(15)16)17-8-7-14(18)6-4-3-5-11(14)10-17/h11-12,18H,2-10H2,1H3,(H3,15,16). The average molecular weight is 253 g/mol. The summed E-state index contributed by atoms with van der Waals surface area (Å²) in [7, 11) is 0. The lowest BCUT2D eigenvalue weighted by Crippen LogP contribution is -2.55. The highest BCUT2D eigenvalue weighted by atomic mass is 16.3. The fraction of sp³-hybridized carbons (Fsp3) is 0.929. The van der Waals surface area contributed by atoms with E-state index in [9.17, 15) is 5.11 Å². The second-order valence-electron chi connectivity index (χ2n) is 6.08. The molecule has 0 bridgehead atoms. The van der Waals surface area contributed by atoms with Crippen LogP contribution in [0.15, 0.2) is 0 Å². The Kier molecular flexibility index (Phi) is 4.28. The summed E-state index contributed by atoms with van der Waals surface area (Å²) in [5.74, 6) is 0.715. The normalized spacial score (nSPS) is 34.9. The first-order valence-electron chi connectivity index (χ1n) is 7.34. The van der Waals surface area contributed by atoms with Gasteiger partial charge < -0.3 is 10.8 Å². The number of piperidine rings is 1. The molecule has 4 heteroatoms. The molecule has 3 unspecified atom stereocenters. The van der Waals surface area contributed by atoms with Crippen LogP contribution in [-0.2, 0) is 0 Å². The van der Waals surface area contributed by atoms with Crippen molar-refractivity contribution in [2.75, 3.05) is 13.1 Å². The third-order valence-corrected chi connectivity index (χ3v) is 4.90. The second-order valence-corrected chi connectivity index (χ2v) is 6.08. The van der Waals surface area contributed by atoms with Gasteiger partial charge in [0, 0.05) is 31.5 Å². The van der Waals surface area contributed by atoms with Crippen molar-refractivity contribution in [3.05, 3.63) is 0 Å². The number of rotatable bonds is 4. The topological polar surface area (TPSA) is 73.3 Å². The Balaban J connectivity index is 1.98. The van der Waals surface area contributed by atoms with E-state index in [1.807, 2.05) is 0 Å². The van der Waals surface area contributed by atoms with Crippen molar-refractivity contribution in [1.29, 1.82) is 5.41 Å². The van der Waals surface area contributed by atoms with Crippen molar-refractivity contribution >= 4 is 5.84 Å². The fourth-order valence-electron chi connectivity index (χ4n) is 3.71. The number of likely N-dealkylation sites (tertiary alicyclic amines) is 1. The summed E-state index contributed by atoms with van der Waals surface area (Å²) in [4.78, 5) is 2.45. The third kappa shape index (κ3) is 2.86. The zero-order valence-electron chi connectivity index (χ0n) is 11.5. The number of nitrogens with two attached hydrogens (primary N) is 1. The Labute approximate surface area is 110 Å². The zero-order chi connectivity index (χ0) is 13.2. The van der Waals surface area contributed by atoms with Crippen molar-refractivity contribution in [3.63, 3.8) is 0 Å². The number of fused-ring (bicyclic) bond motifs is 1. The molecule has 2 fully saturated rings. The summed E-state index contributed by atoms with van der Waals surface area (Å²) in [6.07, 6.45) is 7.17. The van der Waals surface area contributed by atoms with Gasteiger partial charge in [0.2, 0.25) is 0 Å². The summed E-state index contributed by atoms with van der Waals surface area (Å²) in [6.45, 7) is 4.11. The SMILES string of the molecule is CCC(CC(=N)N)N1CCC2(O)CCCCC2C1. The van der Waals surface area contributed by atoms with Crippen LogP contribution in [0.2, 0.25) is 0 Å². The van der Waals surface area contributed by atoms with Crippen molar-refractivity contribution in [2.24, 2.45) is 11.7 Å². The molecule has 1 saturated carbocycles. The van der Waals surface area contributed by atoms with Gasteiger partial charge in [-0.3, -0.25) is 10.3 Å². The Morgan fingerprint density at radius 2 is 2.28 bits per heavy atom. The highest BCUT2D eigenvalue weighted by Gasteiger charge is 2.43. The molecule has 3 atom stereocenters. The predicted octanol–water partition coefficient (Wildman–Crippen LogP) is 1.72. The maximum absolute atomic E-state index is 10.7. The van der Waals surface area contributed by atoms with Gasteiger partial charge in [0.1, 0.15) is 0 Å². The van der Waals surface area contributed by atoms with Crippen LogP contribution in [0.4, 0.5) is 0 Å². The number of nitrogens with zero attached hydrogens (tertiary/aromatic N) is 1. The van der Waals surface area contributed by atoms with Gasteiger partial charge in [0.05, 0.1) is 11.4 Å². The summed E-state index contributed by atoms with van der Waals surface area (Å²) >= 11 is 0. The Bertz CT molecular complexity index is 307. The van der Waals surface area contributed by atoms with E-state index in [1.165, 1.54) is 12.8 Å². The number of amidine groups is 1. The lowest BCUT2D eigenvalue weighted by atomic mass is 9.71. The van der Waals surface area contributed by atoms with Crippen LogP contribution >= 0.6 is 0 Å². The Hall–Kier alpha value is -0.610. The maximum atomic E-state index is 10.7. The quantitative estimate of drug-likeness (QED) is 0.527. The van der Waals surface area contributed by atoms with E-state index in [4.69, 9.17) is 11.1 Å². The van der Waals surface area contributed by atoms with E-state index in [2.05, 4.69) is 11.8 Å². The molecule has 1 saturated heterocycles. The zero-order valence-corrected chi connectivity index (χ0v) is 11.5. The van der Waals surface area contributed by atoms with Crippen LogP contribution in [0, 0.1) is 11.3 Å². The van der Waals surface area contributed by atoms with E-state index in [0.717, 1.165) is 38.8 Å². The summed E-state index contributed by atoms with van der Waals surface area (Å²) < 4.78 is 0. The van der Waals surface area contributed by atoms with Crippen LogP contribution in [-0.4, -0.2) is 40.6 Å². The van der Waals surface area contributed by atoms with Gasteiger partial charge in [0.25, 0.3) is 0 Å². The molecule has 1 aliphatic heterocycles. The summed E-state index contributed by atoms with van der Waals surface area (Å²) in [5.41, 5.74) is 5.14. The van der Waals surface area contributed by atoms with Gasteiger partial charge in [0.15, 0.2) is 0 Å². The molecule has 2 rings (SSSR count). The molecule has 0 spiro atoms. The first kappa shape index (κ1) is 13.8. The molecule has 4 N–H and O–H groups in total. The minimum absolute atomic E-state index is 0.284. The van der Waals surface area contributed by atoms with E-state index in [1.54, 1.807) is 0 Å². The second kappa shape index (κ2) is 5.57. The number of nitrogens with one attached hydrogen (secondary N) is 1. The molecule has 0 amide bonds. The van der Waals surface area contributed by atoms with Crippen LogP contribution in [0.3, 0.4) is 0 Å². The molecular weight excluding hydrogens is 226 g/mol. The molecule has 4 nitrogen and oxygen atoms in total. The Morgan fingerprint density at radius 3 is 2.94 bits per heavy atom. The van der Waals surface area contributed by atoms with Crippen molar-refractivity contribution in [2.45, 2.75) is 63.5 Å². The molecule has 104 valence electrons. The minimum atomic E-state index is -0.400. The largest absolute Gasteiger partial charge is 0.390 e. The molecule has 0 aromatic rings. The van der Waals surface area contributed by atoms with Gasteiger partial charge in [-0.25, -0.2) is 0 Å². The van der Waals surface area contributed by atoms with Crippen molar-refractivity contribution in [3.8, 4) is 0 Å². The third-order valence-electron chi connectivity index (χ3n) is 4.90.